The van der Waals surface area contributed by atoms with Crippen LogP contribution in [0.15, 0.2) is 48.5 Å². The average molecular weight is 352 g/mol. The molecule has 0 radical (unpaired) electrons. The van der Waals surface area contributed by atoms with Gasteiger partial charge in [-0.15, -0.1) is 0 Å². The van der Waals surface area contributed by atoms with Crippen molar-refractivity contribution in [1.29, 1.82) is 5.26 Å². The Hall–Kier alpha value is -3.66. The number of hydrogen-bond donors (Lipinski definition) is 1. The number of benzene rings is 2. The van der Waals surface area contributed by atoms with Crippen LogP contribution in [0.5, 0.6) is 0 Å². The number of methoxy groups -OCH3 is 1. The van der Waals surface area contributed by atoms with Crippen molar-refractivity contribution in [2.45, 2.75) is 13.0 Å². The number of hydrogen-bond acceptors (Lipinski definition) is 6. The van der Waals surface area contributed by atoms with E-state index in [0.717, 1.165) is 0 Å². The minimum Gasteiger partial charge on any atom is -0.465 e. The fraction of sp³-hybridized carbons (Fsp3) is 0.158. The van der Waals surface area contributed by atoms with Crippen molar-refractivity contribution >= 4 is 23.5 Å². The molecule has 2 aromatic carbocycles. The highest BCUT2D eigenvalue weighted by molar-refractivity contribution is 5.94. The zero-order valence-electron chi connectivity index (χ0n) is 14.0. The molecule has 0 fully saturated rings. The van der Waals surface area contributed by atoms with E-state index in [1.165, 1.54) is 19.2 Å². The van der Waals surface area contributed by atoms with Gasteiger partial charge in [0, 0.05) is 5.69 Å². The Bertz CT molecular complexity index is 853. The van der Waals surface area contributed by atoms with Gasteiger partial charge < -0.3 is 14.8 Å². The van der Waals surface area contributed by atoms with Crippen LogP contribution in [-0.4, -0.2) is 25.0 Å². The molecule has 0 bridgehead atoms. The van der Waals surface area contributed by atoms with Crippen molar-refractivity contribution < 1.29 is 23.9 Å². The number of ether oxygens (including phenoxy) is 2. The van der Waals surface area contributed by atoms with Gasteiger partial charge in [-0.2, -0.15) is 5.26 Å². The molecule has 0 aliphatic rings. The lowest BCUT2D eigenvalue weighted by molar-refractivity contribution is -0.115. The SMILES string of the molecule is COC(=O)c1cccc(COC(=O)c2ccc(NC(=O)CC#N)cc2)c1. The van der Waals surface area contributed by atoms with Gasteiger partial charge in [0.25, 0.3) is 0 Å². The predicted molar refractivity (Wildman–Crippen MR) is 92.2 cm³/mol. The predicted octanol–water partition coefficient (Wildman–Crippen LogP) is 2.68. The highest BCUT2D eigenvalue weighted by Gasteiger charge is 2.10. The van der Waals surface area contributed by atoms with E-state index in [1.807, 2.05) is 0 Å². The first-order valence-electron chi connectivity index (χ1n) is 7.64. The van der Waals surface area contributed by atoms with Gasteiger partial charge in [0.2, 0.25) is 5.91 Å². The number of carbonyl (C=O) groups is 3. The first-order valence-corrected chi connectivity index (χ1v) is 7.64. The summed E-state index contributed by atoms with van der Waals surface area (Å²) < 4.78 is 9.87. The molecule has 0 aliphatic carbocycles. The Morgan fingerprint density at radius 2 is 1.77 bits per heavy atom. The quantitative estimate of drug-likeness (QED) is 0.801. The molecule has 0 atom stereocenters. The van der Waals surface area contributed by atoms with Gasteiger partial charge in [0.05, 0.1) is 24.3 Å². The summed E-state index contributed by atoms with van der Waals surface area (Å²) in [6, 6.07) is 14.5. The number of carbonyl (C=O) groups excluding carboxylic acids is 3. The monoisotopic (exact) mass is 352 g/mol. The summed E-state index contributed by atoms with van der Waals surface area (Å²) in [4.78, 5) is 34.9. The Labute approximate surface area is 150 Å². The zero-order chi connectivity index (χ0) is 18.9. The van der Waals surface area contributed by atoms with Crippen LogP contribution in [-0.2, 0) is 20.9 Å². The molecule has 132 valence electrons. The van der Waals surface area contributed by atoms with E-state index in [0.29, 0.717) is 22.4 Å². The number of nitrogens with one attached hydrogen (secondary N) is 1. The van der Waals surface area contributed by atoms with Crippen molar-refractivity contribution in [2.75, 3.05) is 12.4 Å². The molecule has 0 saturated carbocycles. The van der Waals surface area contributed by atoms with Crippen LogP contribution in [0, 0.1) is 11.3 Å². The Kier molecular flexibility index (Phi) is 6.46. The summed E-state index contributed by atoms with van der Waals surface area (Å²) in [7, 11) is 1.29. The molecule has 7 nitrogen and oxygen atoms in total. The Morgan fingerprint density at radius 1 is 1.04 bits per heavy atom. The number of esters is 2. The number of nitriles is 1. The second kappa shape index (κ2) is 8.99. The van der Waals surface area contributed by atoms with Crippen LogP contribution >= 0.6 is 0 Å². The average Bonchev–Trinajstić information content (AvgIpc) is 2.66. The maximum atomic E-state index is 12.1. The molecule has 26 heavy (non-hydrogen) atoms. The summed E-state index contributed by atoms with van der Waals surface area (Å²) in [5.74, 6) is -1.43. The second-order valence-electron chi connectivity index (χ2n) is 5.23. The van der Waals surface area contributed by atoms with E-state index in [-0.39, 0.29) is 13.0 Å². The summed E-state index contributed by atoms with van der Waals surface area (Å²) >= 11 is 0. The summed E-state index contributed by atoms with van der Waals surface area (Å²) in [5.41, 5.74) is 1.82. The normalized spacial score (nSPS) is 9.69. The van der Waals surface area contributed by atoms with Gasteiger partial charge >= 0.3 is 11.9 Å². The molecule has 2 aromatic rings. The van der Waals surface area contributed by atoms with E-state index in [9.17, 15) is 14.4 Å². The lowest BCUT2D eigenvalue weighted by Crippen LogP contribution is -2.10. The van der Waals surface area contributed by atoms with Crippen LogP contribution in [0.25, 0.3) is 0 Å². The largest absolute Gasteiger partial charge is 0.465 e. The third-order valence-corrected chi connectivity index (χ3v) is 3.36. The van der Waals surface area contributed by atoms with Gasteiger partial charge in [0.1, 0.15) is 13.0 Å². The van der Waals surface area contributed by atoms with Gasteiger partial charge in [-0.25, -0.2) is 9.59 Å². The zero-order valence-corrected chi connectivity index (χ0v) is 14.0. The molecular formula is C19H16N2O5. The van der Waals surface area contributed by atoms with E-state index < -0.39 is 17.8 Å². The number of anilines is 1. The van der Waals surface area contributed by atoms with E-state index in [1.54, 1.807) is 42.5 Å². The lowest BCUT2D eigenvalue weighted by Gasteiger charge is -2.07. The number of nitrogens with zero attached hydrogens (tertiary/aromatic N) is 1. The first kappa shape index (κ1) is 18.7. The van der Waals surface area contributed by atoms with Crippen molar-refractivity contribution in [3.8, 4) is 6.07 Å². The molecule has 0 aromatic heterocycles. The molecule has 0 spiro atoms. The third-order valence-electron chi connectivity index (χ3n) is 3.36. The van der Waals surface area contributed by atoms with Crippen LogP contribution in [0.1, 0.15) is 32.7 Å². The number of amides is 1. The summed E-state index contributed by atoms with van der Waals surface area (Å²) in [6.45, 7) is 0.00429. The van der Waals surface area contributed by atoms with Gasteiger partial charge in [-0.3, -0.25) is 4.79 Å². The topological polar surface area (TPSA) is 105 Å². The molecular weight excluding hydrogens is 336 g/mol. The molecule has 2 rings (SSSR count). The van der Waals surface area contributed by atoms with Crippen LogP contribution in [0.2, 0.25) is 0 Å². The molecule has 7 heteroatoms. The lowest BCUT2D eigenvalue weighted by atomic mass is 10.1. The number of rotatable bonds is 6. The molecule has 0 saturated heterocycles. The second-order valence-corrected chi connectivity index (χ2v) is 5.23. The third kappa shape index (κ3) is 5.18. The maximum Gasteiger partial charge on any atom is 0.338 e. The van der Waals surface area contributed by atoms with Crippen LogP contribution in [0.4, 0.5) is 5.69 Å². The Morgan fingerprint density at radius 3 is 2.42 bits per heavy atom. The van der Waals surface area contributed by atoms with Gasteiger partial charge in [0.15, 0.2) is 0 Å². The fourth-order valence-corrected chi connectivity index (χ4v) is 2.10. The van der Waals surface area contributed by atoms with Gasteiger partial charge in [-0.1, -0.05) is 12.1 Å². The van der Waals surface area contributed by atoms with Crippen molar-refractivity contribution in [3.05, 3.63) is 65.2 Å². The summed E-state index contributed by atoms with van der Waals surface area (Å²) in [6.07, 6.45) is -0.242. The molecule has 1 N–H and O–H groups in total. The Balaban J connectivity index is 1.95. The standard InChI is InChI=1S/C19H16N2O5/c1-25-18(23)15-4-2-3-13(11-15)12-26-19(24)14-5-7-16(8-6-14)21-17(22)9-10-20/h2-8,11H,9,12H2,1H3,(H,21,22). The maximum absolute atomic E-state index is 12.1. The van der Waals surface area contributed by atoms with Gasteiger partial charge in [-0.05, 0) is 42.0 Å². The summed E-state index contributed by atoms with van der Waals surface area (Å²) in [5, 5.41) is 11.0. The van der Waals surface area contributed by atoms with E-state index in [4.69, 9.17) is 10.00 Å². The molecule has 0 heterocycles. The van der Waals surface area contributed by atoms with Crippen molar-refractivity contribution in [1.82, 2.24) is 0 Å². The van der Waals surface area contributed by atoms with Crippen LogP contribution < -0.4 is 5.32 Å². The van der Waals surface area contributed by atoms with Crippen LogP contribution in [0.3, 0.4) is 0 Å². The molecule has 1 amide bonds. The minimum atomic E-state index is -0.539. The highest BCUT2D eigenvalue weighted by atomic mass is 16.5. The van der Waals surface area contributed by atoms with E-state index in [2.05, 4.69) is 10.1 Å². The van der Waals surface area contributed by atoms with Crippen molar-refractivity contribution in [3.63, 3.8) is 0 Å². The van der Waals surface area contributed by atoms with E-state index >= 15 is 0 Å². The molecule has 0 aliphatic heterocycles. The smallest absolute Gasteiger partial charge is 0.338 e. The minimum absolute atomic E-state index is 0.00429. The highest BCUT2D eigenvalue weighted by Crippen LogP contribution is 2.13. The first-order chi connectivity index (χ1) is 12.5. The molecule has 0 unspecified atom stereocenters. The fourth-order valence-electron chi connectivity index (χ4n) is 2.10. The van der Waals surface area contributed by atoms with Crippen molar-refractivity contribution in [2.24, 2.45) is 0 Å².